The fourth-order valence-electron chi connectivity index (χ4n) is 4.01. The Kier molecular flexibility index (Phi) is 6.93. The summed E-state index contributed by atoms with van der Waals surface area (Å²) >= 11 is 1.49. The van der Waals surface area contributed by atoms with Gasteiger partial charge in [0.1, 0.15) is 5.75 Å². The predicted octanol–water partition coefficient (Wildman–Crippen LogP) is 4.08. The highest BCUT2D eigenvalue weighted by Crippen LogP contribution is 2.25. The molecule has 0 aliphatic carbocycles. The zero-order valence-electron chi connectivity index (χ0n) is 17.9. The normalized spacial score (nSPS) is 16.3. The van der Waals surface area contributed by atoms with Crippen LogP contribution in [0.1, 0.15) is 33.6 Å². The Morgan fingerprint density at radius 3 is 2.78 bits per heavy atom. The quantitative estimate of drug-likeness (QED) is 0.538. The second-order valence-corrected chi connectivity index (χ2v) is 10.6. The minimum absolute atomic E-state index is 0.0758. The molecule has 1 atom stereocenters. The highest BCUT2D eigenvalue weighted by Gasteiger charge is 2.30. The number of likely N-dealkylation sites (tertiary alicyclic amines) is 1. The Morgan fingerprint density at radius 1 is 1.16 bits per heavy atom. The molecular formula is C24H26N2O4S2. The van der Waals surface area contributed by atoms with Crippen LogP contribution in [0.2, 0.25) is 0 Å². The molecule has 1 unspecified atom stereocenters. The van der Waals surface area contributed by atoms with Gasteiger partial charge in [0.15, 0.2) is 0 Å². The van der Waals surface area contributed by atoms with Crippen LogP contribution in [0.15, 0.2) is 70.9 Å². The summed E-state index contributed by atoms with van der Waals surface area (Å²) < 4.78 is 33.4. The molecule has 1 fully saturated rings. The molecule has 1 aromatic heterocycles. The molecule has 1 saturated heterocycles. The molecule has 2 aromatic carbocycles. The van der Waals surface area contributed by atoms with Gasteiger partial charge in [-0.15, -0.1) is 11.3 Å². The molecule has 1 aliphatic rings. The van der Waals surface area contributed by atoms with Crippen LogP contribution in [0.25, 0.3) is 0 Å². The monoisotopic (exact) mass is 470 g/mol. The van der Waals surface area contributed by atoms with E-state index in [4.69, 9.17) is 4.74 Å². The number of hydrogen-bond acceptors (Lipinski definition) is 5. The Morgan fingerprint density at radius 2 is 2.00 bits per heavy atom. The van der Waals surface area contributed by atoms with Crippen LogP contribution < -0.4 is 9.46 Å². The summed E-state index contributed by atoms with van der Waals surface area (Å²) in [6.07, 6.45) is 2.59. The van der Waals surface area contributed by atoms with Gasteiger partial charge in [-0.2, -0.15) is 0 Å². The van der Waals surface area contributed by atoms with Crippen LogP contribution in [-0.4, -0.2) is 38.9 Å². The number of methoxy groups -OCH3 is 1. The fraction of sp³-hybridized carbons (Fsp3) is 0.292. The van der Waals surface area contributed by atoms with Gasteiger partial charge in [0.05, 0.1) is 12.0 Å². The van der Waals surface area contributed by atoms with E-state index in [9.17, 15) is 13.2 Å². The number of nitrogens with zero attached hydrogens (tertiary/aromatic N) is 1. The van der Waals surface area contributed by atoms with Crippen LogP contribution >= 0.6 is 11.3 Å². The van der Waals surface area contributed by atoms with E-state index in [1.165, 1.54) is 23.5 Å². The number of thiophene rings is 1. The van der Waals surface area contributed by atoms with E-state index in [1.54, 1.807) is 19.2 Å². The molecule has 3 aromatic rings. The number of benzene rings is 2. The number of sulfonamides is 1. The van der Waals surface area contributed by atoms with Crippen molar-refractivity contribution in [2.24, 2.45) is 0 Å². The SMILES string of the molecule is COc1cccc(CC2CCCN2C(=O)c2cccc(S(=O)(=O)NCc3cccs3)c2)c1. The summed E-state index contributed by atoms with van der Waals surface area (Å²) in [5.74, 6) is 0.664. The first-order valence-electron chi connectivity index (χ1n) is 10.5. The summed E-state index contributed by atoms with van der Waals surface area (Å²) in [6, 6.07) is 18.0. The molecule has 2 heterocycles. The van der Waals surface area contributed by atoms with E-state index < -0.39 is 10.0 Å². The van der Waals surface area contributed by atoms with Crippen molar-refractivity contribution in [3.63, 3.8) is 0 Å². The maximum absolute atomic E-state index is 13.3. The summed E-state index contributed by atoms with van der Waals surface area (Å²) in [6.45, 7) is 0.897. The van der Waals surface area contributed by atoms with Crippen molar-refractivity contribution in [3.05, 3.63) is 82.0 Å². The highest BCUT2D eigenvalue weighted by molar-refractivity contribution is 7.89. The zero-order chi connectivity index (χ0) is 22.6. The second-order valence-electron chi connectivity index (χ2n) is 7.78. The minimum atomic E-state index is -3.71. The Hall–Kier alpha value is -2.68. The van der Waals surface area contributed by atoms with Crippen molar-refractivity contribution in [3.8, 4) is 5.75 Å². The van der Waals surface area contributed by atoms with Crippen LogP contribution in [0.4, 0.5) is 0 Å². The third-order valence-electron chi connectivity index (χ3n) is 5.65. The van der Waals surface area contributed by atoms with E-state index in [0.29, 0.717) is 12.1 Å². The van der Waals surface area contributed by atoms with Gasteiger partial charge in [0.25, 0.3) is 5.91 Å². The molecule has 1 N–H and O–H groups in total. The second kappa shape index (κ2) is 9.85. The average molecular weight is 471 g/mol. The molecule has 1 aliphatic heterocycles. The molecule has 1 amide bonds. The van der Waals surface area contributed by atoms with E-state index in [-0.39, 0.29) is 23.4 Å². The topological polar surface area (TPSA) is 75.7 Å². The molecule has 0 saturated carbocycles. The van der Waals surface area contributed by atoms with Gasteiger partial charge in [-0.3, -0.25) is 4.79 Å². The number of rotatable bonds is 8. The number of amides is 1. The first-order chi connectivity index (χ1) is 15.5. The molecule has 4 rings (SSSR count). The lowest BCUT2D eigenvalue weighted by Gasteiger charge is -2.25. The first kappa shape index (κ1) is 22.5. The molecule has 168 valence electrons. The maximum atomic E-state index is 13.3. The fourth-order valence-corrected chi connectivity index (χ4v) is 5.80. The van der Waals surface area contributed by atoms with Gasteiger partial charge in [-0.25, -0.2) is 13.1 Å². The number of nitrogens with one attached hydrogen (secondary N) is 1. The lowest BCUT2D eigenvalue weighted by atomic mass is 10.0. The Labute approximate surface area is 192 Å². The molecule has 0 radical (unpaired) electrons. The molecule has 8 heteroatoms. The molecule has 32 heavy (non-hydrogen) atoms. The van der Waals surface area contributed by atoms with E-state index in [1.807, 2.05) is 46.7 Å². The standard InChI is InChI=1S/C24H26N2O4S2/c1-30-21-9-2-6-18(15-21)14-20-8-4-12-26(20)24(27)19-7-3-11-23(16-19)32(28,29)25-17-22-10-5-13-31-22/h2-3,5-7,9-11,13,15-16,20,25H,4,8,12,14,17H2,1H3. The average Bonchev–Trinajstić information content (AvgIpc) is 3.50. The zero-order valence-corrected chi connectivity index (χ0v) is 19.5. The smallest absolute Gasteiger partial charge is 0.254 e. The number of ether oxygens (including phenoxy) is 1. The highest BCUT2D eigenvalue weighted by atomic mass is 32.2. The van der Waals surface area contributed by atoms with Crippen molar-refractivity contribution < 1.29 is 17.9 Å². The van der Waals surface area contributed by atoms with Crippen LogP contribution in [0.5, 0.6) is 5.75 Å². The lowest BCUT2D eigenvalue weighted by molar-refractivity contribution is 0.0736. The van der Waals surface area contributed by atoms with Crippen molar-refractivity contribution in [1.29, 1.82) is 0 Å². The van der Waals surface area contributed by atoms with Gasteiger partial charge in [0.2, 0.25) is 10.0 Å². The van der Waals surface area contributed by atoms with Gasteiger partial charge in [-0.05, 0) is 66.6 Å². The maximum Gasteiger partial charge on any atom is 0.254 e. The third-order valence-corrected chi connectivity index (χ3v) is 7.93. The van der Waals surface area contributed by atoms with Crippen LogP contribution in [-0.2, 0) is 23.0 Å². The van der Waals surface area contributed by atoms with E-state index in [2.05, 4.69) is 4.72 Å². The number of hydrogen-bond donors (Lipinski definition) is 1. The lowest BCUT2D eigenvalue weighted by Crippen LogP contribution is -2.37. The van der Waals surface area contributed by atoms with Gasteiger partial charge in [0, 0.05) is 29.6 Å². The molecule has 0 bridgehead atoms. The summed E-state index contributed by atoms with van der Waals surface area (Å²) in [7, 11) is -2.07. The van der Waals surface area contributed by atoms with Crippen LogP contribution in [0, 0.1) is 0 Å². The summed E-state index contributed by atoms with van der Waals surface area (Å²) in [4.78, 5) is 16.2. The number of carbonyl (C=O) groups is 1. The van der Waals surface area contributed by atoms with Gasteiger partial charge < -0.3 is 9.64 Å². The van der Waals surface area contributed by atoms with Gasteiger partial charge >= 0.3 is 0 Å². The molecule has 0 spiro atoms. The summed E-state index contributed by atoms with van der Waals surface area (Å²) in [5, 5.41) is 1.90. The molecule has 6 nitrogen and oxygen atoms in total. The largest absolute Gasteiger partial charge is 0.497 e. The Balaban J connectivity index is 1.48. The third kappa shape index (κ3) is 5.20. The van der Waals surface area contributed by atoms with E-state index >= 15 is 0 Å². The minimum Gasteiger partial charge on any atom is -0.497 e. The van der Waals surface area contributed by atoms with Crippen molar-refractivity contribution in [2.75, 3.05) is 13.7 Å². The van der Waals surface area contributed by atoms with Crippen molar-refractivity contribution >= 4 is 27.3 Å². The van der Waals surface area contributed by atoms with Crippen molar-refractivity contribution in [2.45, 2.75) is 36.7 Å². The predicted molar refractivity (Wildman–Crippen MR) is 126 cm³/mol. The number of carbonyl (C=O) groups excluding carboxylic acids is 1. The summed E-state index contributed by atoms with van der Waals surface area (Å²) in [5.41, 5.74) is 1.50. The van der Waals surface area contributed by atoms with E-state index in [0.717, 1.165) is 35.5 Å². The Bertz CT molecular complexity index is 1180. The van der Waals surface area contributed by atoms with Gasteiger partial charge in [-0.1, -0.05) is 24.3 Å². The first-order valence-corrected chi connectivity index (χ1v) is 12.9. The molecular weight excluding hydrogens is 444 g/mol. The van der Waals surface area contributed by atoms with Crippen LogP contribution in [0.3, 0.4) is 0 Å². The van der Waals surface area contributed by atoms with Crippen molar-refractivity contribution in [1.82, 2.24) is 9.62 Å².